The Morgan fingerprint density at radius 2 is 1.90 bits per heavy atom. The Morgan fingerprint density at radius 3 is 2.55 bits per heavy atom. The van der Waals surface area contributed by atoms with Crippen LogP contribution in [0.25, 0.3) is 0 Å². The number of hydrogen-bond acceptors (Lipinski definition) is 6. The molecule has 2 N–H and O–H groups in total. The quantitative estimate of drug-likeness (QED) is 0.708. The zero-order chi connectivity index (χ0) is 20.9. The monoisotopic (exact) mass is 400 g/mol. The van der Waals surface area contributed by atoms with Gasteiger partial charge in [0, 0.05) is 24.8 Å². The number of rotatable bonds is 8. The van der Waals surface area contributed by atoms with Crippen LogP contribution in [-0.4, -0.2) is 45.5 Å². The summed E-state index contributed by atoms with van der Waals surface area (Å²) < 4.78 is 21.9. The van der Waals surface area contributed by atoms with Crippen LogP contribution < -0.4 is 24.8 Å². The molecular formula is C22H28N2O5. The van der Waals surface area contributed by atoms with Crippen LogP contribution in [0.4, 0.5) is 5.69 Å². The smallest absolute Gasteiger partial charge is 0.251 e. The van der Waals surface area contributed by atoms with Crippen LogP contribution >= 0.6 is 0 Å². The molecular weight excluding hydrogens is 372 g/mol. The molecule has 0 fully saturated rings. The van der Waals surface area contributed by atoms with E-state index >= 15 is 0 Å². The largest absolute Gasteiger partial charge is 0.497 e. The minimum Gasteiger partial charge on any atom is -0.497 e. The van der Waals surface area contributed by atoms with Gasteiger partial charge in [0.1, 0.15) is 23.9 Å². The van der Waals surface area contributed by atoms with Gasteiger partial charge in [-0.2, -0.15) is 0 Å². The van der Waals surface area contributed by atoms with E-state index in [0.717, 1.165) is 17.0 Å². The van der Waals surface area contributed by atoms with E-state index < -0.39 is 0 Å². The number of amides is 1. The Kier molecular flexibility index (Phi) is 6.49. The molecule has 0 spiro atoms. The number of hydrogen-bond donors (Lipinski definition) is 2. The summed E-state index contributed by atoms with van der Waals surface area (Å²) in [7, 11) is 3.19. The molecule has 1 aliphatic heterocycles. The second-order valence-electron chi connectivity index (χ2n) is 7.23. The molecule has 3 rings (SSSR count). The lowest BCUT2D eigenvalue weighted by molar-refractivity contribution is 0.0807. The minimum absolute atomic E-state index is 0.173. The molecule has 156 valence electrons. The summed E-state index contributed by atoms with van der Waals surface area (Å²) in [6.07, 6.45) is 0. The zero-order valence-corrected chi connectivity index (χ0v) is 17.3. The number of carbonyl (C=O) groups excluding carboxylic acids is 1. The van der Waals surface area contributed by atoms with Gasteiger partial charge in [0.05, 0.1) is 32.1 Å². The van der Waals surface area contributed by atoms with Gasteiger partial charge in [-0.1, -0.05) is 0 Å². The van der Waals surface area contributed by atoms with Crippen LogP contribution in [-0.2, 0) is 11.3 Å². The zero-order valence-electron chi connectivity index (χ0n) is 17.3. The fourth-order valence-electron chi connectivity index (χ4n) is 3.15. The van der Waals surface area contributed by atoms with Crippen LogP contribution in [0.15, 0.2) is 36.4 Å². The molecule has 0 radical (unpaired) electrons. The van der Waals surface area contributed by atoms with Crippen molar-refractivity contribution < 1.29 is 23.7 Å². The van der Waals surface area contributed by atoms with E-state index in [0.29, 0.717) is 43.4 Å². The number of ether oxygens (including phenoxy) is 4. The molecule has 29 heavy (non-hydrogen) atoms. The van der Waals surface area contributed by atoms with E-state index in [2.05, 4.69) is 10.6 Å². The van der Waals surface area contributed by atoms with Crippen LogP contribution in [0.1, 0.15) is 29.8 Å². The summed E-state index contributed by atoms with van der Waals surface area (Å²) in [6, 6.07) is 10.9. The van der Waals surface area contributed by atoms with Crippen molar-refractivity contribution in [3.63, 3.8) is 0 Å². The fourth-order valence-corrected chi connectivity index (χ4v) is 3.15. The molecule has 1 aliphatic rings. The molecule has 0 saturated heterocycles. The van der Waals surface area contributed by atoms with E-state index in [9.17, 15) is 4.79 Å². The first-order valence-corrected chi connectivity index (χ1v) is 9.59. The summed E-state index contributed by atoms with van der Waals surface area (Å²) in [5.41, 5.74) is 1.89. The van der Waals surface area contributed by atoms with E-state index in [4.69, 9.17) is 18.9 Å². The van der Waals surface area contributed by atoms with Crippen molar-refractivity contribution in [3.8, 4) is 17.2 Å². The Hall–Kier alpha value is -2.93. The maximum absolute atomic E-state index is 12.7. The molecule has 7 nitrogen and oxygen atoms in total. The number of methoxy groups -OCH3 is 2. The van der Waals surface area contributed by atoms with Gasteiger partial charge in [0.2, 0.25) is 0 Å². The van der Waals surface area contributed by atoms with E-state index in [-0.39, 0.29) is 11.4 Å². The van der Waals surface area contributed by atoms with Gasteiger partial charge >= 0.3 is 0 Å². The second-order valence-corrected chi connectivity index (χ2v) is 7.23. The number of carbonyl (C=O) groups is 1. The summed E-state index contributed by atoms with van der Waals surface area (Å²) >= 11 is 0. The van der Waals surface area contributed by atoms with Gasteiger partial charge in [-0.25, -0.2) is 0 Å². The Balaban J connectivity index is 1.69. The molecule has 0 aliphatic carbocycles. The van der Waals surface area contributed by atoms with Crippen molar-refractivity contribution in [2.24, 2.45) is 0 Å². The van der Waals surface area contributed by atoms with Gasteiger partial charge < -0.3 is 29.6 Å². The lowest BCUT2D eigenvalue weighted by Gasteiger charge is -2.36. The highest BCUT2D eigenvalue weighted by molar-refractivity contribution is 5.95. The first-order chi connectivity index (χ1) is 14.0. The molecule has 7 heteroatoms. The molecule has 0 bridgehead atoms. The number of anilines is 1. The van der Waals surface area contributed by atoms with Crippen molar-refractivity contribution in [2.45, 2.75) is 25.9 Å². The van der Waals surface area contributed by atoms with Crippen LogP contribution in [0.5, 0.6) is 17.2 Å². The number of fused-ring (bicyclic) bond motifs is 1. The maximum Gasteiger partial charge on any atom is 0.251 e. The Labute approximate surface area is 171 Å². The average molecular weight is 400 g/mol. The standard InChI is InChI=1S/C22H28N2O5/c1-5-28-13-22(2)14-29-20-7-6-16(10-19(20)24-22)21(25)23-12-15-8-17(26-3)11-18(9-15)27-4/h6-11,24H,5,12-14H2,1-4H3,(H,23,25). The van der Waals surface area contributed by atoms with E-state index in [1.54, 1.807) is 32.4 Å². The maximum atomic E-state index is 12.7. The van der Waals surface area contributed by atoms with E-state index in [1.165, 1.54) is 0 Å². The molecule has 1 amide bonds. The van der Waals surface area contributed by atoms with Crippen LogP contribution in [0.3, 0.4) is 0 Å². The molecule has 1 unspecified atom stereocenters. The molecule has 1 heterocycles. The predicted molar refractivity (Wildman–Crippen MR) is 111 cm³/mol. The predicted octanol–water partition coefficient (Wildman–Crippen LogP) is 3.23. The van der Waals surface area contributed by atoms with Crippen molar-refractivity contribution in [2.75, 3.05) is 39.4 Å². The van der Waals surface area contributed by atoms with Crippen LogP contribution in [0, 0.1) is 0 Å². The Morgan fingerprint density at radius 1 is 1.17 bits per heavy atom. The van der Waals surface area contributed by atoms with Crippen molar-refractivity contribution >= 4 is 11.6 Å². The third kappa shape index (κ3) is 5.12. The SMILES string of the molecule is CCOCC1(C)COc2ccc(C(=O)NCc3cc(OC)cc(OC)c3)cc2N1. The lowest BCUT2D eigenvalue weighted by Crippen LogP contribution is -2.48. The molecule has 0 saturated carbocycles. The van der Waals surface area contributed by atoms with Crippen LogP contribution in [0.2, 0.25) is 0 Å². The topological polar surface area (TPSA) is 78.1 Å². The summed E-state index contributed by atoms with van der Waals surface area (Å²) in [5, 5.41) is 6.38. The van der Waals surface area contributed by atoms with E-state index in [1.807, 2.05) is 32.0 Å². The normalized spacial score (nSPS) is 17.5. The molecule has 0 aromatic heterocycles. The third-order valence-corrected chi connectivity index (χ3v) is 4.71. The first-order valence-electron chi connectivity index (χ1n) is 9.59. The highest BCUT2D eigenvalue weighted by Gasteiger charge is 2.31. The summed E-state index contributed by atoms with van der Waals surface area (Å²) in [5.74, 6) is 1.91. The van der Waals surface area contributed by atoms with Gasteiger partial charge in [-0.05, 0) is 49.7 Å². The summed E-state index contributed by atoms with van der Waals surface area (Å²) in [4.78, 5) is 12.7. The highest BCUT2D eigenvalue weighted by Crippen LogP contribution is 2.33. The number of benzene rings is 2. The Bertz CT molecular complexity index is 848. The highest BCUT2D eigenvalue weighted by atomic mass is 16.5. The van der Waals surface area contributed by atoms with Gasteiger partial charge in [0.25, 0.3) is 5.91 Å². The van der Waals surface area contributed by atoms with Gasteiger partial charge in [0.15, 0.2) is 0 Å². The summed E-state index contributed by atoms with van der Waals surface area (Å²) in [6.45, 7) is 6.02. The van der Waals surface area contributed by atoms with Crippen molar-refractivity contribution in [1.29, 1.82) is 0 Å². The second kappa shape index (κ2) is 9.05. The lowest BCUT2D eigenvalue weighted by atomic mass is 10.0. The van der Waals surface area contributed by atoms with Crippen molar-refractivity contribution in [1.82, 2.24) is 5.32 Å². The number of nitrogens with one attached hydrogen (secondary N) is 2. The van der Waals surface area contributed by atoms with Gasteiger partial charge in [-0.3, -0.25) is 4.79 Å². The molecule has 2 aromatic carbocycles. The average Bonchev–Trinajstić information content (AvgIpc) is 2.75. The van der Waals surface area contributed by atoms with Crippen molar-refractivity contribution in [3.05, 3.63) is 47.5 Å². The fraction of sp³-hybridized carbons (Fsp3) is 0.409. The minimum atomic E-state index is -0.338. The molecule has 1 atom stereocenters. The van der Waals surface area contributed by atoms with Gasteiger partial charge in [-0.15, -0.1) is 0 Å². The molecule has 2 aromatic rings. The first kappa shape index (κ1) is 20.8. The third-order valence-electron chi connectivity index (χ3n) is 4.71.